The number of rotatable bonds is 4. The molecule has 0 unspecified atom stereocenters. The Balaban J connectivity index is 1.43. The third-order valence-corrected chi connectivity index (χ3v) is 6.13. The molecule has 150 valence electrons. The number of aromatic nitrogens is 2. The molecular weight excluding hydrogens is 388 g/mol. The molecule has 4 heterocycles. The Morgan fingerprint density at radius 2 is 1.90 bits per heavy atom. The number of hydrogen-bond acceptors (Lipinski definition) is 4. The first kappa shape index (κ1) is 18.5. The molecule has 1 atom stereocenters. The lowest BCUT2D eigenvalue weighted by Crippen LogP contribution is -2.37. The van der Waals surface area contributed by atoms with Crippen LogP contribution in [0.2, 0.25) is 5.02 Å². The van der Waals surface area contributed by atoms with Gasteiger partial charge in [-0.05, 0) is 68.8 Å². The number of carbonyl (C=O) groups excluding carboxylic acids is 1. The molecule has 0 bridgehead atoms. The molecule has 6 nitrogen and oxygen atoms in total. The maximum Gasteiger partial charge on any atom is 0.274 e. The molecule has 0 N–H and O–H groups in total. The van der Waals surface area contributed by atoms with E-state index in [1.54, 1.807) is 10.9 Å². The Labute approximate surface area is 174 Å². The zero-order valence-electron chi connectivity index (χ0n) is 16.1. The molecule has 3 aromatic rings. The first-order chi connectivity index (χ1) is 14.2. The molecule has 7 heteroatoms. The van der Waals surface area contributed by atoms with Crippen LogP contribution >= 0.6 is 11.6 Å². The van der Waals surface area contributed by atoms with Crippen LogP contribution in [-0.4, -0.2) is 57.7 Å². The highest BCUT2D eigenvalue weighted by Crippen LogP contribution is 2.27. The molecule has 0 radical (unpaired) electrons. The van der Waals surface area contributed by atoms with Gasteiger partial charge in [-0.15, -0.1) is 0 Å². The predicted molar refractivity (Wildman–Crippen MR) is 111 cm³/mol. The van der Waals surface area contributed by atoms with E-state index in [2.05, 4.69) is 10.00 Å². The molecule has 2 aliphatic heterocycles. The second kappa shape index (κ2) is 7.69. The van der Waals surface area contributed by atoms with E-state index < -0.39 is 0 Å². The summed E-state index contributed by atoms with van der Waals surface area (Å²) >= 11 is 6.03. The van der Waals surface area contributed by atoms with Crippen molar-refractivity contribution < 1.29 is 9.21 Å². The Morgan fingerprint density at radius 1 is 1.10 bits per heavy atom. The summed E-state index contributed by atoms with van der Waals surface area (Å²) in [7, 11) is 0. The molecule has 1 aromatic carbocycles. The Bertz CT molecular complexity index is 991. The normalized spacial score (nSPS) is 19.9. The van der Waals surface area contributed by atoms with Crippen molar-refractivity contribution in [1.82, 2.24) is 19.6 Å². The Kier molecular flexibility index (Phi) is 4.89. The lowest BCUT2D eigenvalue weighted by molar-refractivity contribution is 0.0774. The quantitative estimate of drug-likeness (QED) is 0.649. The zero-order valence-corrected chi connectivity index (χ0v) is 16.9. The van der Waals surface area contributed by atoms with Crippen LogP contribution in [0, 0.1) is 0 Å². The molecular formula is C22H23ClN4O2. The van der Waals surface area contributed by atoms with E-state index in [-0.39, 0.29) is 5.91 Å². The zero-order chi connectivity index (χ0) is 19.8. The Morgan fingerprint density at radius 3 is 2.62 bits per heavy atom. The number of halogens is 1. The first-order valence-electron chi connectivity index (χ1n) is 10.1. The second-order valence-electron chi connectivity index (χ2n) is 7.72. The largest absolute Gasteiger partial charge is 0.463 e. The Hall–Kier alpha value is -2.57. The molecule has 0 aliphatic carbocycles. The van der Waals surface area contributed by atoms with Gasteiger partial charge in [-0.1, -0.05) is 11.6 Å². The van der Waals surface area contributed by atoms with Crippen LogP contribution in [0.15, 0.2) is 53.1 Å². The van der Waals surface area contributed by atoms with Gasteiger partial charge >= 0.3 is 0 Å². The van der Waals surface area contributed by atoms with Gasteiger partial charge < -0.3 is 9.32 Å². The maximum atomic E-state index is 13.2. The van der Waals surface area contributed by atoms with Crippen molar-refractivity contribution in [3.05, 3.63) is 59.4 Å². The van der Waals surface area contributed by atoms with Gasteiger partial charge in [0.15, 0.2) is 11.5 Å². The van der Waals surface area contributed by atoms with Crippen molar-refractivity contribution in [2.75, 3.05) is 26.2 Å². The summed E-state index contributed by atoms with van der Waals surface area (Å²) in [6, 6.07) is 13.4. The number of hydrogen-bond donors (Lipinski definition) is 0. The van der Waals surface area contributed by atoms with Crippen LogP contribution < -0.4 is 0 Å². The molecule has 0 saturated carbocycles. The van der Waals surface area contributed by atoms with Crippen molar-refractivity contribution in [2.24, 2.45) is 0 Å². The summed E-state index contributed by atoms with van der Waals surface area (Å²) in [6.45, 7) is 3.87. The summed E-state index contributed by atoms with van der Waals surface area (Å²) < 4.78 is 7.34. The van der Waals surface area contributed by atoms with Gasteiger partial charge in [0.2, 0.25) is 0 Å². The van der Waals surface area contributed by atoms with Gasteiger partial charge in [-0.2, -0.15) is 5.10 Å². The smallest absolute Gasteiger partial charge is 0.274 e. The fourth-order valence-electron chi connectivity index (χ4n) is 4.36. The minimum absolute atomic E-state index is 0.0211. The average molecular weight is 411 g/mol. The van der Waals surface area contributed by atoms with E-state index in [1.807, 2.05) is 47.4 Å². The highest BCUT2D eigenvalue weighted by Gasteiger charge is 2.33. The number of nitrogens with zero attached hydrogens (tertiary/aromatic N) is 4. The minimum Gasteiger partial charge on any atom is -0.463 e. The first-order valence-corrected chi connectivity index (χ1v) is 10.5. The van der Waals surface area contributed by atoms with E-state index in [0.717, 1.165) is 44.0 Å². The van der Waals surface area contributed by atoms with Gasteiger partial charge in [0.25, 0.3) is 5.91 Å². The SMILES string of the molecule is O=C(c1cc(-c2ccco2)n(-c2ccc(Cl)cc2)n1)N1CC[C@H](N2CCCC2)C1. The number of amides is 1. The molecule has 2 saturated heterocycles. The maximum absolute atomic E-state index is 13.2. The number of furan rings is 1. The molecule has 0 spiro atoms. The molecule has 29 heavy (non-hydrogen) atoms. The minimum atomic E-state index is -0.0211. The summed E-state index contributed by atoms with van der Waals surface area (Å²) in [4.78, 5) is 17.7. The van der Waals surface area contributed by atoms with Gasteiger partial charge in [0, 0.05) is 30.2 Å². The molecule has 1 amide bonds. The molecule has 2 aliphatic rings. The molecule has 2 aromatic heterocycles. The topological polar surface area (TPSA) is 54.5 Å². The van der Waals surface area contributed by atoms with Gasteiger partial charge in [0.05, 0.1) is 12.0 Å². The summed E-state index contributed by atoms with van der Waals surface area (Å²) in [6.07, 6.45) is 5.19. The summed E-state index contributed by atoms with van der Waals surface area (Å²) in [5.41, 5.74) is 2.01. The molecule has 5 rings (SSSR count). The van der Waals surface area contributed by atoms with Crippen LogP contribution in [0.5, 0.6) is 0 Å². The summed E-state index contributed by atoms with van der Waals surface area (Å²) in [5, 5.41) is 5.30. The fourth-order valence-corrected chi connectivity index (χ4v) is 4.48. The van der Waals surface area contributed by atoms with Gasteiger partial charge in [-0.25, -0.2) is 4.68 Å². The van der Waals surface area contributed by atoms with Crippen molar-refractivity contribution >= 4 is 17.5 Å². The van der Waals surface area contributed by atoms with E-state index in [4.69, 9.17) is 16.0 Å². The average Bonchev–Trinajstić information content (AvgIpc) is 3.54. The van der Waals surface area contributed by atoms with E-state index in [0.29, 0.717) is 22.5 Å². The molecule has 2 fully saturated rings. The highest BCUT2D eigenvalue weighted by molar-refractivity contribution is 6.30. The monoisotopic (exact) mass is 410 g/mol. The lowest BCUT2D eigenvalue weighted by Gasteiger charge is -2.23. The third-order valence-electron chi connectivity index (χ3n) is 5.88. The second-order valence-corrected chi connectivity index (χ2v) is 8.15. The van der Waals surface area contributed by atoms with Gasteiger partial charge in [-0.3, -0.25) is 9.69 Å². The predicted octanol–water partition coefficient (Wildman–Crippen LogP) is 4.10. The third kappa shape index (κ3) is 3.58. The van der Waals surface area contributed by atoms with Crippen molar-refractivity contribution in [1.29, 1.82) is 0 Å². The van der Waals surface area contributed by atoms with Crippen molar-refractivity contribution in [2.45, 2.75) is 25.3 Å². The fraction of sp³-hybridized carbons (Fsp3) is 0.364. The van der Waals surface area contributed by atoms with Crippen LogP contribution in [0.4, 0.5) is 0 Å². The van der Waals surface area contributed by atoms with Crippen LogP contribution in [-0.2, 0) is 0 Å². The number of likely N-dealkylation sites (tertiary alicyclic amines) is 2. The van der Waals surface area contributed by atoms with Crippen molar-refractivity contribution in [3.63, 3.8) is 0 Å². The standard InChI is InChI=1S/C22H23ClN4O2/c23-16-5-7-17(8-6-16)27-20(21-4-3-13-29-21)14-19(24-27)22(28)26-12-9-18(15-26)25-10-1-2-11-25/h3-8,13-14,18H,1-2,9-12,15H2/t18-/m0/s1. The van der Waals surface area contributed by atoms with Gasteiger partial charge in [0.1, 0.15) is 5.69 Å². The number of carbonyl (C=O) groups is 1. The number of benzene rings is 1. The van der Waals surface area contributed by atoms with Crippen LogP contribution in [0.25, 0.3) is 17.1 Å². The summed E-state index contributed by atoms with van der Waals surface area (Å²) in [5.74, 6) is 0.648. The lowest BCUT2D eigenvalue weighted by atomic mass is 10.2. The van der Waals surface area contributed by atoms with Crippen LogP contribution in [0.3, 0.4) is 0 Å². The highest BCUT2D eigenvalue weighted by atomic mass is 35.5. The van der Waals surface area contributed by atoms with Crippen molar-refractivity contribution in [3.8, 4) is 17.1 Å². The van der Waals surface area contributed by atoms with E-state index in [1.165, 1.54) is 12.8 Å². The van der Waals surface area contributed by atoms with E-state index >= 15 is 0 Å². The van der Waals surface area contributed by atoms with Crippen LogP contribution in [0.1, 0.15) is 29.8 Å². The van der Waals surface area contributed by atoms with E-state index in [9.17, 15) is 4.79 Å².